The Kier molecular flexibility index (Phi) is 4.63. The van der Waals surface area contributed by atoms with Crippen LogP contribution in [0.4, 0.5) is 0 Å². The van der Waals surface area contributed by atoms with E-state index in [1.54, 1.807) is 18.4 Å². The normalized spacial score (nSPS) is 35.1. The number of rotatable bonds is 5. The fourth-order valence-corrected chi connectivity index (χ4v) is 7.82. The molecular formula is C29H34N2O4. The quantitative estimate of drug-likeness (QED) is 0.670. The monoisotopic (exact) mass is 474 g/mol. The van der Waals surface area contributed by atoms with Gasteiger partial charge in [-0.1, -0.05) is 12.1 Å². The van der Waals surface area contributed by atoms with Crippen LogP contribution in [0.15, 0.2) is 41.0 Å². The van der Waals surface area contributed by atoms with Gasteiger partial charge in [-0.25, -0.2) is 0 Å². The van der Waals surface area contributed by atoms with Gasteiger partial charge in [0.1, 0.15) is 17.6 Å². The number of likely N-dealkylation sites (N-methyl/N-ethyl adjacent to an activating group) is 1. The topological polar surface area (TPSA) is 66.1 Å². The third kappa shape index (κ3) is 2.93. The van der Waals surface area contributed by atoms with Crippen LogP contribution in [0.25, 0.3) is 6.08 Å². The largest absolute Gasteiger partial charge is 0.487 e. The number of likely N-dealkylation sites (tertiary alicyclic amines) is 1. The Balaban J connectivity index is 1.28. The number of carbonyl (C=O) groups is 1. The van der Waals surface area contributed by atoms with E-state index in [9.17, 15) is 9.90 Å². The van der Waals surface area contributed by atoms with Crippen LogP contribution in [0, 0.1) is 12.8 Å². The molecule has 1 aromatic carbocycles. The van der Waals surface area contributed by atoms with Gasteiger partial charge in [-0.15, -0.1) is 0 Å². The number of furan rings is 1. The molecule has 2 aromatic rings. The summed E-state index contributed by atoms with van der Waals surface area (Å²) in [6.07, 6.45) is 10.5. The molecule has 35 heavy (non-hydrogen) atoms. The molecule has 0 radical (unpaired) electrons. The number of hydrogen-bond acceptors (Lipinski definition) is 5. The molecule has 5 atom stereocenters. The third-order valence-electron chi connectivity index (χ3n) is 9.73. The molecule has 1 N–H and O–H groups in total. The van der Waals surface area contributed by atoms with E-state index in [-0.39, 0.29) is 24.1 Å². The molecule has 1 spiro atoms. The summed E-state index contributed by atoms with van der Waals surface area (Å²) in [5.41, 5.74) is 2.40. The number of ether oxygens (including phenoxy) is 1. The zero-order valence-electron chi connectivity index (χ0n) is 20.6. The first-order chi connectivity index (χ1) is 16.9. The second-order valence-electron chi connectivity index (χ2n) is 11.5. The number of benzene rings is 1. The van der Waals surface area contributed by atoms with Gasteiger partial charge in [0.05, 0.1) is 23.3 Å². The minimum atomic E-state index is -0.832. The molecule has 5 aliphatic rings. The first-order valence-electron chi connectivity index (χ1n) is 13.2. The van der Waals surface area contributed by atoms with Crippen LogP contribution in [0.1, 0.15) is 54.6 Å². The van der Waals surface area contributed by atoms with Crippen molar-refractivity contribution in [2.45, 2.75) is 74.7 Å². The van der Waals surface area contributed by atoms with Gasteiger partial charge in [0.15, 0.2) is 0 Å². The summed E-state index contributed by atoms with van der Waals surface area (Å²) < 4.78 is 12.2. The number of aliphatic hydroxyl groups is 1. The molecular weight excluding hydrogens is 440 g/mol. The fraction of sp³-hybridized carbons (Fsp3) is 0.552. The Morgan fingerprint density at radius 2 is 2.11 bits per heavy atom. The second-order valence-corrected chi connectivity index (χ2v) is 11.5. The lowest BCUT2D eigenvalue weighted by Crippen LogP contribution is -2.78. The molecule has 1 saturated heterocycles. The van der Waals surface area contributed by atoms with E-state index in [0.717, 1.165) is 49.6 Å². The molecule has 7 rings (SSSR count). The average Bonchev–Trinajstić information content (AvgIpc) is 3.36. The molecule has 5 unspecified atom stereocenters. The summed E-state index contributed by atoms with van der Waals surface area (Å²) >= 11 is 0. The minimum absolute atomic E-state index is 0.0664. The maximum atomic E-state index is 13.2. The van der Waals surface area contributed by atoms with Gasteiger partial charge in [-0.3, -0.25) is 9.69 Å². The highest BCUT2D eigenvalue weighted by molar-refractivity contribution is 5.91. The Morgan fingerprint density at radius 1 is 1.26 bits per heavy atom. The van der Waals surface area contributed by atoms with E-state index < -0.39 is 11.0 Å². The van der Waals surface area contributed by atoms with Crippen molar-refractivity contribution in [3.05, 3.63) is 59.1 Å². The summed E-state index contributed by atoms with van der Waals surface area (Å²) in [4.78, 5) is 17.6. The molecule has 2 bridgehead atoms. The maximum Gasteiger partial charge on any atom is 0.246 e. The molecule has 2 saturated carbocycles. The Hall–Kier alpha value is -2.57. The summed E-state index contributed by atoms with van der Waals surface area (Å²) in [6.45, 7) is 4.19. The van der Waals surface area contributed by atoms with E-state index >= 15 is 0 Å². The van der Waals surface area contributed by atoms with Gasteiger partial charge in [-0.05, 0) is 87.2 Å². The molecule has 3 aliphatic carbocycles. The van der Waals surface area contributed by atoms with Crippen LogP contribution in [0.5, 0.6) is 5.75 Å². The highest BCUT2D eigenvalue weighted by Crippen LogP contribution is 2.65. The van der Waals surface area contributed by atoms with Crippen molar-refractivity contribution >= 4 is 12.0 Å². The predicted octanol–water partition coefficient (Wildman–Crippen LogP) is 3.69. The van der Waals surface area contributed by atoms with Gasteiger partial charge >= 0.3 is 0 Å². The maximum absolute atomic E-state index is 13.2. The molecule has 3 fully saturated rings. The molecule has 3 heterocycles. The van der Waals surface area contributed by atoms with Crippen molar-refractivity contribution in [2.75, 3.05) is 20.1 Å². The molecule has 2 aliphatic heterocycles. The summed E-state index contributed by atoms with van der Waals surface area (Å²) in [5.74, 6) is 2.34. The van der Waals surface area contributed by atoms with Gasteiger partial charge in [-0.2, -0.15) is 0 Å². The van der Waals surface area contributed by atoms with E-state index in [2.05, 4.69) is 24.0 Å². The first-order valence-corrected chi connectivity index (χ1v) is 13.2. The number of aryl methyl sites for hydroxylation is 1. The SMILES string of the molecule is Cc1ccc2c3c1OC1C(N(C)C(=O)/C=C/c4ccco4)CCC4(O)C(C2)N(CC2CC2)CCC314. The second kappa shape index (κ2) is 7.47. The summed E-state index contributed by atoms with van der Waals surface area (Å²) in [5, 5.41) is 12.6. The van der Waals surface area contributed by atoms with Crippen molar-refractivity contribution in [2.24, 2.45) is 5.92 Å². The lowest BCUT2D eigenvalue weighted by atomic mass is 9.48. The van der Waals surface area contributed by atoms with Crippen LogP contribution >= 0.6 is 0 Å². The Morgan fingerprint density at radius 3 is 2.89 bits per heavy atom. The van der Waals surface area contributed by atoms with E-state index in [1.165, 1.54) is 24.0 Å². The number of amides is 1. The molecule has 1 aromatic heterocycles. The van der Waals surface area contributed by atoms with Crippen LogP contribution in [0.2, 0.25) is 0 Å². The summed E-state index contributed by atoms with van der Waals surface area (Å²) in [7, 11) is 1.88. The number of piperidine rings is 1. The zero-order chi connectivity index (χ0) is 23.9. The number of hydrogen-bond donors (Lipinski definition) is 1. The number of nitrogens with zero attached hydrogens (tertiary/aromatic N) is 2. The lowest BCUT2D eigenvalue weighted by molar-refractivity contribution is -0.200. The first kappa shape index (κ1) is 21.7. The standard InChI is InChI=1S/C29H34N2O4/c1-18-5-8-20-16-23-29(33)12-11-22(30(2)24(32)10-9-21-4-3-15-34-21)27-28(29,25(20)26(18)35-27)13-14-31(23)17-19-6-7-19/h3-5,8-10,15,19,22-23,27,33H,6-7,11-14,16-17H2,1-2H3/b10-9+. The van der Waals surface area contributed by atoms with Crippen molar-refractivity contribution in [3.8, 4) is 5.75 Å². The Bertz CT molecular complexity index is 1200. The van der Waals surface area contributed by atoms with Crippen molar-refractivity contribution < 1.29 is 19.1 Å². The lowest BCUT2D eigenvalue weighted by Gasteiger charge is -2.64. The molecule has 1 amide bonds. The van der Waals surface area contributed by atoms with Gasteiger partial charge < -0.3 is 19.2 Å². The van der Waals surface area contributed by atoms with Crippen LogP contribution < -0.4 is 4.74 Å². The predicted molar refractivity (Wildman–Crippen MR) is 132 cm³/mol. The van der Waals surface area contributed by atoms with Crippen molar-refractivity contribution in [3.63, 3.8) is 0 Å². The molecule has 6 heteroatoms. The van der Waals surface area contributed by atoms with E-state index in [1.807, 2.05) is 24.1 Å². The zero-order valence-corrected chi connectivity index (χ0v) is 20.6. The van der Waals surface area contributed by atoms with Crippen LogP contribution in [-0.2, 0) is 16.6 Å². The smallest absolute Gasteiger partial charge is 0.246 e. The fourth-order valence-electron chi connectivity index (χ4n) is 7.82. The third-order valence-corrected chi connectivity index (χ3v) is 9.73. The number of carbonyl (C=O) groups excluding carboxylic acids is 1. The Labute approximate surface area is 206 Å². The highest BCUT2D eigenvalue weighted by Gasteiger charge is 2.73. The molecule has 6 nitrogen and oxygen atoms in total. The van der Waals surface area contributed by atoms with E-state index in [4.69, 9.17) is 9.15 Å². The van der Waals surface area contributed by atoms with Gasteiger partial charge in [0.25, 0.3) is 0 Å². The summed E-state index contributed by atoms with van der Waals surface area (Å²) in [6, 6.07) is 8.10. The van der Waals surface area contributed by atoms with Gasteiger partial charge in [0.2, 0.25) is 5.91 Å². The van der Waals surface area contributed by atoms with Crippen molar-refractivity contribution in [1.29, 1.82) is 0 Å². The van der Waals surface area contributed by atoms with Crippen LogP contribution in [-0.4, -0.2) is 64.7 Å². The van der Waals surface area contributed by atoms with E-state index in [0.29, 0.717) is 12.2 Å². The van der Waals surface area contributed by atoms with Crippen molar-refractivity contribution in [1.82, 2.24) is 9.80 Å². The molecule has 184 valence electrons. The van der Waals surface area contributed by atoms with Gasteiger partial charge in [0, 0.05) is 31.3 Å². The van der Waals surface area contributed by atoms with Crippen LogP contribution in [0.3, 0.4) is 0 Å². The minimum Gasteiger partial charge on any atom is -0.487 e. The highest BCUT2D eigenvalue weighted by atomic mass is 16.5. The average molecular weight is 475 g/mol.